The molecule has 0 fully saturated rings. The third-order valence-electron chi connectivity index (χ3n) is 2.02. The van der Waals surface area contributed by atoms with Crippen molar-refractivity contribution in [1.82, 2.24) is 9.66 Å². The average molecular weight is 282 g/mol. The van der Waals surface area contributed by atoms with Crippen molar-refractivity contribution in [2.24, 2.45) is 0 Å². The first-order chi connectivity index (χ1) is 7.18. The molecule has 15 heavy (non-hydrogen) atoms. The van der Waals surface area contributed by atoms with Crippen LogP contribution in [0.25, 0.3) is 11.3 Å². The predicted molar refractivity (Wildman–Crippen MR) is 66.3 cm³/mol. The molecular formula is C10H8BrN3S. The van der Waals surface area contributed by atoms with E-state index in [0.29, 0.717) is 4.77 Å². The molecule has 2 N–H and O–H groups in total. The molecule has 1 aromatic heterocycles. The van der Waals surface area contributed by atoms with Crippen LogP contribution in [-0.2, 0) is 0 Å². The average Bonchev–Trinajstić information content (AvgIpc) is 2.24. The van der Waals surface area contributed by atoms with E-state index in [1.807, 2.05) is 30.3 Å². The fraction of sp³-hybridized carbons (Fsp3) is 0. The third-order valence-corrected chi connectivity index (χ3v) is 2.85. The lowest BCUT2D eigenvalue weighted by atomic mass is 10.1. The minimum atomic E-state index is 0.371. The maximum atomic E-state index is 5.79. The number of rotatable bonds is 1. The van der Waals surface area contributed by atoms with Crippen LogP contribution in [0.1, 0.15) is 0 Å². The molecule has 76 valence electrons. The lowest BCUT2D eigenvalue weighted by Crippen LogP contribution is -2.13. The topological polar surface area (TPSA) is 43.8 Å². The molecule has 0 aliphatic rings. The molecule has 0 aliphatic heterocycles. The second kappa shape index (κ2) is 4.12. The number of aromatic nitrogens is 2. The van der Waals surface area contributed by atoms with Gasteiger partial charge in [-0.25, -0.2) is 9.66 Å². The van der Waals surface area contributed by atoms with Crippen molar-refractivity contribution in [3.8, 4) is 11.3 Å². The Morgan fingerprint density at radius 2 is 1.87 bits per heavy atom. The van der Waals surface area contributed by atoms with Crippen molar-refractivity contribution in [2.75, 3.05) is 5.84 Å². The van der Waals surface area contributed by atoms with Gasteiger partial charge in [0.2, 0.25) is 4.77 Å². The van der Waals surface area contributed by atoms with Crippen LogP contribution in [0.15, 0.2) is 41.0 Å². The molecule has 5 heteroatoms. The summed E-state index contributed by atoms with van der Waals surface area (Å²) in [6, 6.07) is 9.69. The van der Waals surface area contributed by atoms with E-state index in [9.17, 15) is 0 Å². The number of nitrogen functional groups attached to an aromatic ring is 1. The van der Waals surface area contributed by atoms with E-state index in [0.717, 1.165) is 15.7 Å². The van der Waals surface area contributed by atoms with Crippen LogP contribution in [0, 0.1) is 4.77 Å². The first kappa shape index (κ1) is 10.3. The molecule has 0 spiro atoms. The van der Waals surface area contributed by atoms with E-state index in [4.69, 9.17) is 18.1 Å². The van der Waals surface area contributed by atoms with Gasteiger partial charge in [0.05, 0.1) is 5.69 Å². The second-order valence-corrected chi connectivity index (χ2v) is 4.27. The third kappa shape index (κ3) is 2.08. The molecule has 3 nitrogen and oxygen atoms in total. The predicted octanol–water partition coefficient (Wildman–Crippen LogP) is 2.76. The van der Waals surface area contributed by atoms with Gasteiger partial charge in [-0.15, -0.1) is 0 Å². The van der Waals surface area contributed by atoms with Crippen LogP contribution >= 0.6 is 28.1 Å². The summed E-state index contributed by atoms with van der Waals surface area (Å²) in [5.41, 5.74) is 1.86. The molecule has 0 saturated carbocycles. The summed E-state index contributed by atoms with van der Waals surface area (Å²) in [5.74, 6) is 5.79. The van der Waals surface area contributed by atoms with Crippen molar-refractivity contribution in [1.29, 1.82) is 0 Å². The molecule has 1 heterocycles. The summed E-state index contributed by atoms with van der Waals surface area (Å²) in [6.45, 7) is 0. The summed E-state index contributed by atoms with van der Waals surface area (Å²) >= 11 is 8.36. The molecular weight excluding hydrogens is 274 g/mol. The Kier molecular flexibility index (Phi) is 2.83. The van der Waals surface area contributed by atoms with E-state index >= 15 is 0 Å². The fourth-order valence-corrected chi connectivity index (χ4v) is 1.70. The number of hydrogen-bond donors (Lipinski definition) is 1. The van der Waals surface area contributed by atoms with E-state index in [2.05, 4.69) is 20.9 Å². The van der Waals surface area contributed by atoms with E-state index in [-0.39, 0.29) is 0 Å². The highest BCUT2D eigenvalue weighted by molar-refractivity contribution is 9.10. The van der Waals surface area contributed by atoms with Crippen LogP contribution < -0.4 is 5.84 Å². The van der Waals surface area contributed by atoms with Crippen LogP contribution in [0.4, 0.5) is 0 Å². The second-order valence-electron chi connectivity index (χ2n) is 2.99. The normalized spacial score (nSPS) is 10.2. The summed E-state index contributed by atoms with van der Waals surface area (Å²) in [6.07, 6.45) is 1.66. The quantitative estimate of drug-likeness (QED) is 0.646. The molecule has 2 rings (SSSR count). The largest absolute Gasteiger partial charge is 0.337 e. The van der Waals surface area contributed by atoms with Crippen molar-refractivity contribution < 1.29 is 0 Å². The standard InChI is InChI=1S/C10H8BrN3S/c11-8-3-1-7(2-4-8)9-5-6-13-10(15)14(9)12/h1-6H,12H2. The summed E-state index contributed by atoms with van der Waals surface area (Å²) in [4.78, 5) is 3.93. The SMILES string of the molecule is Nn1c(-c2ccc(Br)cc2)ccnc1=S. The van der Waals surface area contributed by atoms with Crippen molar-refractivity contribution >= 4 is 28.1 Å². The molecule has 0 aliphatic carbocycles. The highest BCUT2D eigenvalue weighted by atomic mass is 79.9. The number of halogens is 1. The fourth-order valence-electron chi connectivity index (χ4n) is 1.27. The maximum Gasteiger partial charge on any atom is 0.218 e. The maximum absolute atomic E-state index is 5.79. The van der Waals surface area contributed by atoms with Gasteiger partial charge >= 0.3 is 0 Å². The smallest absolute Gasteiger partial charge is 0.218 e. The Balaban J connectivity index is 2.59. The molecule has 0 radical (unpaired) electrons. The van der Waals surface area contributed by atoms with E-state index in [1.165, 1.54) is 4.68 Å². The Morgan fingerprint density at radius 1 is 1.20 bits per heavy atom. The Bertz CT molecular complexity index is 533. The summed E-state index contributed by atoms with van der Waals surface area (Å²) < 4.78 is 2.80. The first-order valence-electron chi connectivity index (χ1n) is 4.27. The summed E-state index contributed by atoms with van der Waals surface area (Å²) in [5, 5.41) is 0. The van der Waals surface area contributed by atoms with Gasteiger partial charge in [-0.1, -0.05) is 28.1 Å². The van der Waals surface area contributed by atoms with E-state index in [1.54, 1.807) is 6.20 Å². The molecule has 0 amide bonds. The molecule has 1 aromatic carbocycles. The summed E-state index contributed by atoms with van der Waals surface area (Å²) in [7, 11) is 0. The number of nitrogens with two attached hydrogens (primary N) is 1. The molecule has 2 aromatic rings. The van der Waals surface area contributed by atoms with Gasteiger partial charge in [-0.3, -0.25) is 0 Å². The van der Waals surface area contributed by atoms with Gasteiger partial charge in [0, 0.05) is 16.2 Å². The van der Waals surface area contributed by atoms with Crippen molar-refractivity contribution in [3.63, 3.8) is 0 Å². The van der Waals surface area contributed by atoms with Crippen LogP contribution in [-0.4, -0.2) is 9.66 Å². The van der Waals surface area contributed by atoms with E-state index < -0.39 is 0 Å². The lowest BCUT2D eigenvalue weighted by Gasteiger charge is -2.07. The monoisotopic (exact) mass is 281 g/mol. The molecule has 0 bridgehead atoms. The van der Waals surface area contributed by atoms with Crippen LogP contribution in [0.3, 0.4) is 0 Å². The van der Waals surface area contributed by atoms with Crippen molar-refractivity contribution in [2.45, 2.75) is 0 Å². The van der Waals surface area contributed by atoms with Gasteiger partial charge < -0.3 is 5.84 Å². The van der Waals surface area contributed by atoms with Gasteiger partial charge in [0.25, 0.3) is 0 Å². The highest BCUT2D eigenvalue weighted by Crippen LogP contribution is 2.20. The zero-order valence-electron chi connectivity index (χ0n) is 7.72. The Morgan fingerprint density at radius 3 is 2.53 bits per heavy atom. The molecule has 0 saturated heterocycles. The van der Waals surface area contributed by atoms with Gasteiger partial charge in [0.1, 0.15) is 0 Å². The zero-order valence-corrected chi connectivity index (χ0v) is 10.1. The molecule has 0 atom stereocenters. The Hall–Kier alpha value is -1.20. The number of benzene rings is 1. The minimum Gasteiger partial charge on any atom is -0.337 e. The van der Waals surface area contributed by atoms with Crippen molar-refractivity contribution in [3.05, 3.63) is 45.8 Å². The number of hydrogen-bond acceptors (Lipinski definition) is 3. The highest BCUT2D eigenvalue weighted by Gasteiger charge is 2.01. The first-order valence-corrected chi connectivity index (χ1v) is 5.47. The molecule has 0 unspecified atom stereocenters. The lowest BCUT2D eigenvalue weighted by molar-refractivity contribution is 0.920. The van der Waals surface area contributed by atoms with Crippen LogP contribution in [0.2, 0.25) is 0 Å². The Labute approximate surface area is 101 Å². The van der Waals surface area contributed by atoms with Gasteiger partial charge in [-0.05, 0) is 30.4 Å². The van der Waals surface area contributed by atoms with Crippen LogP contribution in [0.5, 0.6) is 0 Å². The van der Waals surface area contributed by atoms with Gasteiger partial charge in [0.15, 0.2) is 0 Å². The number of nitrogens with zero attached hydrogens (tertiary/aromatic N) is 2. The zero-order chi connectivity index (χ0) is 10.8. The minimum absolute atomic E-state index is 0.371. The van der Waals surface area contributed by atoms with Gasteiger partial charge in [-0.2, -0.15) is 0 Å².